The number of morpholine rings is 1. The zero-order chi connectivity index (χ0) is 14.3. The molecule has 2 aliphatic rings. The highest BCUT2D eigenvalue weighted by atomic mass is 32.2. The Bertz CT molecular complexity index is 596. The van der Waals surface area contributed by atoms with Crippen molar-refractivity contribution in [3.8, 4) is 0 Å². The van der Waals surface area contributed by atoms with Crippen molar-refractivity contribution in [2.24, 2.45) is 5.73 Å². The third kappa shape index (κ3) is 2.18. The van der Waals surface area contributed by atoms with Gasteiger partial charge in [0.25, 0.3) is 0 Å². The standard InChI is InChI=1S/C13H20N2O4S/c1-9-13(7-10(8-14)19-9)20(16,17)15-5-6-18-12-4-2-3-11(12)15/h7,11-12H,2-6,8,14H2,1H3. The van der Waals surface area contributed by atoms with Gasteiger partial charge < -0.3 is 14.9 Å². The predicted molar refractivity (Wildman–Crippen MR) is 72.6 cm³/mol. The first-order chi connectivity index (χ1) is 9.54. The van der Waals surface area contributed by atoms with Crippen molar-refractivity contribution >= 4 is 10.0 Å². The number of nitrogens with two attached hydrogens (primary N) is 1. The van der Waals surface area contributed by atoms with E-state index in [2.05, 4.69) is 0 Å². The molecule has 1 saturated carbocycles. The molecule has 3 rings (SSSR count). The van der Waals surface area contributed by atoms with Gasteiger partial charge in [-0.3, -0.25) is 0 Å². The second-order valence-corrected chi connectivity index (χ2v) is 7.22. The average molecular weight is 300 g/mol. The van der Waals surface area contributed by atoms with Crippen LogP contribution in [0.2, 0.25) is 0 Å². The summed E-state index contributed by atoms with van der Waals surface area (Å²) in [5, 5.41) is 0. The number of ether oxygens (including phenoxy) is 1. The van der Waals surface area contributed by atoms with Crippen molar-refractivity contribution < 1.29 is 17.6 Å². The molecule has 2 fully saturated rings. The van der Waals surface area contributed by atoms with Crippen molar-refractivity contribution in [3.05, 3.63) is 17.6 Å². The molecule has 2 N–H and O–H groups in total. The minimum absolute atomic E-state index is 0.0376. The van der Waals surface area contributed by atoms with Gasteiger partial charge in [0.1, 0.15) is 16.4 Å². The molecule has 1 aliphatic carbocycles. The Morgan fingerprint density at radius 1 is 1.45 bits per heavy atom. The van der Waals surface area contributed by atoms with E-state index in [9.17, 15) is 8.42 Å². The van der Waals surface area contributed by atoms with Gasteiger partial charge in [-0.2, -0.15) is 4.31 Å². The number of hydrogen-bond acceptors (Lipinski definition) is 5. The number of nitrogens with zero attached hydrogens (tertiary/aromatic N) is 1. The quantitative estimate of drug-likeness (QED) is 0.899. The predicted octanol–water partition coefficient (Wildman–Crippen LogP) is 0.989. The van der Waals surface area contributed by atoms with Gasteiger partial charge >= 0.3 is 0 Å². The Morgan fingerprint density at radius 2 is 2.25 bits per heavy atom. The monoisotopic (exact) mass is 300 g/mol. The summed E-state index contributed by atoms with van der Waals surface area (Å²) < 4.78 is 38.3. The minimum atomic E-state index is -3.53. The van der Waals surface area contributed by atoms with Gasteiger partial charge in [-0.1, -0.05) is 0 Å². The van der Waals surface area contributed by atoms with E-state index < -0.39 is 10.0 Å². The van der Waals surface area contributed by atoms with E-state index in [4.69, 9.17) is 14.9 Å². The summed E-state index contributed by atoms with van der Waals surface area (Å²) in [6.07, 6.45) is 2.86. The van der Waals surface area contributed by atoms with Crippen LogP contribution in [0.25, 0.3) is 0 Å². The molecule has 0 aromatic carbocycles. The number of aryl methyl sites for hydroxylation is 1. The summed E-state index contributed by atoms with van der Waals surface area (Å²) in [5.41, 5.74) is 5.52. The Balaban J connectivity index is 1.96. The molecule has 1 aromatic rings. The molecule has 1 aromatic heterocycles. The van der Waals surface area contributed by atoms with Crippen molar-refractivity contribution in [1.29, 1.82) is 0 Å². The van der Waals surface area contributed by atoms with E-state index in [-0.39, 0.29) is 23.6 Å². The largest absolute Gasteiger partial charge is 0.464 e. The third-order valence-electron chi connectivity index (χ3n) is 4.14. The Hall–Kier alpha value is -0.890. The molecular weight excluding hydrogens is 280 g/mol. The lowest BCUT2D eigenvalue weighted by atomic mass is 10.2. The molecular formula is C13H20N2O4S. The topological polar surface area (TPSA) is 85.8 Å². The second kappa shape index (κ2) is 5.14. The van der Waals surface area contributed by atoms with Crippen LogP contribution in [-0.2, 0) is 21.3 Å². The molecule has 0 spiro atoms. The fourth-order valence-corrected chi connectivity index (χ4v) is 5.05. The number of rotatable bonds is 3. The van der Waals surface area contributed by atoms with Gasteiger partial charge in [0, 0.05) is 12.6 Å². The Morgan fingerprint density at radius 3 is 2.95 bits per heavy atom. The molecule has 0 amide bonds. The lowest BCUT2D eigenvalue weighted by Gasteiger charge is -2.36. The molecule has 1 aliphatic heterocycles. The molecule has 2 unspecified atom stereocenters. The van der Waals surface area contributed by atoms with Gasteiger partial charge in [-0.05, 0) is 26.2 Å². The van der Waals surface area contributed by atoms with Gasteiger partial charge in [0.2, 0.25) is 10.0 Å². The smallest absolute Gasteiger partial charge is 0.246 e. The molecule has 2 atom stereocenters. The SMILES string of the molecule is Cc1oc(CN)cc1S(=O)(=O)N1CCOC2CCCC21. The highest BCUT2D eigenvalue weighted by molar-refractivity contribution is 7.89. The lowest BCUT2D eigenvalue weighted by Crippen LogP contribution is -2.51. The second-order valence-electron chi connectivity index (χ2n) is 5.36. The van der Waals surface area contributed by atoms with Gasteiger partial charge in [-0.15, -0.1) is 0 Å². The van der Waals surface area contributed by atoms with E-state index in [1.54, 1.807) is 17.3 Å². The molecule has 6 nitrogen and oxygen atoms in total. The van der Waals surface area contributed by atoms with Crippen molar-refractivity contribution in [1.82, 2.24) is 4.31 Å². The summed E-state index contributed by atoms with van der Waals surface area (Å²) in [7, 11) is -3.53. The maximum Gasteiger partial charge on any atom is 0.246 e. The lowest BCUT2D eigenvalue weighted by molar-refractivity contribution is -0.0242. The maximum atomic E-state index is 12.8. The first-order valence-corrected chi connectivity index (χ1v) is 8.41. The van der Waals surface area contributed by atoms with E-state index in [1.807, 2.05) is 0 Å². The maximum absolute atomic E-state index is 12.8. The molecule has 20 heavy (non-hydrogen) atoms. The molecule has 2 heterocycles. The van der Waals surface area contributed by atoms with E-state index >= 15 is 0 Å². The van der Waals surface area contributed by atoms with Crippen LogP contribution in [0, 0.1) is 6.92 Å². The highest BCUT2D eigenvalue weighted by Gasteiger charge is 2.43. The zero-order valence-corrected chi connectivity index (χ0v) is 12.4. The summed E-state index contributed by atoms with van der Waals surface area (Å²) in [6.45, 7) is 2.73. The first-order valence-electron chi connectivity index (χ1n) is 6.97. The van der Waals surface area contributed by atoms with Crippen LogP contribution < -0.4 is 5.73 Å². The van der Waals surface area contributed by atoms with Crippen LogP contribution in [0.1, 0.15) is 30.8 Å². The minimum Gasteiger partial charge on any atom is -0.464 e. The van der Waals surface area contributed by atoms with E-state index in [0.29, 0.717) is 24.7 Å². The number of hydrogen-bond donors (Lipinski definition) is 1. The molecule has 112 valence electrons. The molecule has 0 bridgehead atoms. The molecule has 1 saturated heterocycles. The van der Waals surface area contributed by atoms with E-state index in [1.165, 1.54) is 0 Å². The van der Waals surface area contributed by atoms with Gasteiger partial charge in [-0.25, -0.2) is 8.42 Å². The first kappa shape index (κ1) is 14.1. The third-order valence-corrected chi connectivity index (χ3v) is 6.17. The van der Waals surface area contributed by atoms with Gasteiger partial charge in [0.15, 0.2) is 0 Å². The van der Waals surface area contributed by atoms with Crippen molar-refractivity contribution in [2.45, 2.75) is 49.8 Å². The van der Waals surface area contributed by atoms with E-state index in [0.717, 1.165) is 19.3 Å². The number of fused-ring (bicyclic) bond motifs is 1. The summed E-state index contributed by atoms with van der Waals surface area (Å²) >= 11 is 0. The fourth-order valence-electron chi connectivity index (χ4n) is 3.20. The van der Waals surface area contributed by atoms with Crippen molar-refractivity contribution in [3.63, 3.8) is 0 Å². The normalized spacial score (nSPS) is 27.7. The zero-order valence-electron chi connectivity index (χ0n) is 11.5. The van der Waals surface area contributed by atoms with Crippen LogP contribution in [0.3, 0.4) is 0 Å². The summed E-state index contributed by atoms with van der Waals surface area (Å²) in [5.74, 6) is 0.906. The highest BCUT2D eigenvalue weighted by Crippen LogP contribution is 2.34. The number of furan rings is 1. The van der Waals surface area contributed by atoms with Crippen LogP contribution in [0.15, 0.2) is 15.4 Å². The molecule has 0 radical (unpaired) electrons. The number of sulfonamides is 1. The van der Waals surface area contributed by atoms with Crippen LogP contribution in [-0.4, -0.2) is 38.0 Å². The fraction of sp³-hybridized carbons (Fsp3) is 0.692. The van der Waals surface area contributed by atoms with Gasteiger partial charge in [0.05, 0.1) is 25.3 Å². The summed E-state index contributed by atoms with van der Waals surface area (Å²) in [6, 6.07) is 1.51. The average Bonchev–Trinajstić information content (AvgIpc) is 3.03. The summed E-state index contributed by atoms with van der Waals surface area (Å²) in [4.78, 5) is 0.241. The van der Waals surface area contributed by atoms with Crippen LogP contribution in [0.5, 0.6) is 0 Å². The van der Waals surface area contributed by atoms with Crippen molar-refractivity contribution in [2.75, 3.05) is 13.2 Å². The molecule has 7 heteroatoms. The Kier molecular flexibility index (Phi) is 3.62. The Labute approximate surface area is 118 Å². The van der Waals surface area contributed by atoms with Crippen LogP contribution >= 0.6 is 0 Å². The van der Waals surface area contributed by atoms with Crippen LogP contribution in [0.4, 0.5) is 0 Å².